The summed E-state index contributed by atoms with van der Waals surface area (Å²) in [6.45, 7) is 0.619. The van der Waals surface area contributed by atoms with Gasteiger partial charge in [-0.2, -0.15) is 0 Å². The number of anilines is 1. The molecule has 3 N–H and O–H groups in total. The number of carbonyl (C=O) groups excluding carboxylic acids is 1. The predicted octanol–water partition coefficient (Wildman–Crippen LogP) is 3.04. The van der Waals surface area contributed by atoms with Crippen molar-refractivity contribution in [3.63, 3.8) is 0 Å². The van der Waals surface area contributed by atoms with Gasteiger partial charge in [-0.3, -0.25) is 4.79 Å². The fourth-order valence-electron chi connectivity index (χ4n) is 1.75. The Hall–Kier alpha value is -1.40. The van der Waals surface area contributed by atoms with Gasteiger partial charge >= 0.3 is 0 Å². The number of benzene rings is 2. The maximum Gasteiger partial charge on any atom is 0.255 e. The lowest BCUT2D eigenvalue weighted by Gasteiger charge is -2.07. The molecule has 0 spiro atoms. The van der Waals surface area contributed by atoms with E-state index in [9.17, 15) is 4.79 Å². The Morgan fingerprint density at radius 2 is 1.79 bits per heavy atom. The smallest absolute Gasteiger partial charge is 0.255 e. The van der Waals surface area contributed by atoms with Crippen LogP contribution in [0.1, 0.15) is 15.9 Å². The molecule has 2 aromatic carbocycles. The van der Waals surface area contributed by atoms with E-state index in [4.69, 9.17) is 5.73 Å². The number of carbonyl (C=O) groups is 1. The Labute approximate surface area is 126 Å². The van der Waals surface area contributed by atoms with Crippen molar-refractivity contribution in [2.45, 2.75) is 6.42 Å². The van der Waals surface area contributed by atoms with Gasteiger partial charge in [0, 0.05) is 9.13 Å². The molecule has 4 heteroatoms. The first-order valence-corrected chi connectivity index (χ1v) is 7.13. The van der Waals surface area contributed by atoms with Crippen molar-refractivity contribution in [2.75, 3.05) is 11.9 Å². The molecule has 0 aliphatic rings. The molecule has 0 saturated heterocycles. The lowest BCUT2D eigenvalue weighted by Crippen LogP contribution is -2.13. The number of rotatable bonds is 4. The second kappa shape index (κ2) is 6.68. The number of nitrogens with one attached hydrogen (secondary N) is 1. The van der Waals surface area contributed by atoms with E-state index < -0.39 is 0 Å². The standard InChI is InChI=1S/C15H15IN2O/c16-13-3-1-2-4-14(13)18-15(19)12-7-5-11(6-8-12)9-10-17/h1-8H,9-10,17H2,(H,18,19). The Morgan fingerprint density at radius 1 is 1.11 bits per heavy atom. The highest BCUT2D eigenvalue weighted by atomic mass is 127. The first-order valence-electron chi connectivity index (χ1n) is 6.05. The van der Waals surface area contributed by atoms with Gasteiger partial charge in [-0.25, -0.2) is 0 Å². The van der Waals surface area contributed by atoms with Gasteiger partial charge in [-0.05, 0) is 65.4 Å². The van der Waals surface area contributed by atoms with Gasteiger partial charge in [0.25, 0.3) is 5.91 Å². The first-order chi connectivity index (χ1) is 9.20. The molecule has 0 atom stereocenters. The summed E-state index contributed by atoms with van der Waals surface area (Å²) in [4.78, 5) is 12.1. The Bertz CT molecular complexity index is 567. The molecule has 0 aliphatic heterocycles. The molecule has 0 radical (unpaired) electrons. The average Bonchev–Trinajstić information content (AvgIpc) is 2.42. The van der Waals surface area contributed by atoms with Crippen molar-refractivity contribution in [1.29, 1.82) is 0 Å². The van der Waals surface area contributed by atoms with Gasteiger partial charge in [0.05, 0.1) is 5.69 Å². The normalized spacial score (nSPS) is 10.2. The van der Waals surface area contributed by atoms with Gasteiger partial charge in [0.1, 0.15) is 0 Å². The van der Waals surface area contributed by atoms with Crippen molar-refractivity contribution >= 4 is 34.2 Å². The van der Waals surface area contributed by atoms with Crippen LogP contribution in [0, 0.1) is 3.57 Å². The van der Waals surface area contributed by atoms with Crippen LogP contribution in [0.25, 0.3) is 0 Å². The summed E-state index contributed by atoms with van der Waals surface area (Å²) < 4.78 is 1.02. The highest BCUT2D eigenvalue weighted by Gasteiger charge is 2.07. The fourth-order valence-corrected chi connectivity index (χ4v) is 2.27. The number of hydrogen-bond donors (Lipinski definition) is 2. The van der Waals surface area contributed by atoms with Crippen LogP contribution in [-0.2, 0) is 6.42 Å². The summed E-state index contributed by atoms with van der Waals surface area (Å²) in [5.41, 5.74) is 8.13. The van der Waals surface area contributed by atoms with Crippen LogP contribution < -0.4 is 11.1 Å². The average molecular weight is 366 g/mol. The lowest BCUT2D eigenvalue weighted by atomic mass is 10.1. The summed E-state index contributed by atoms with van der Waals surface area (Å²) >= 11 is 2.20. The van der Waals surface area contributed by atoms with Gasteiger partial charge in [-0.1, -0.05) is 24.3 Å². The van der Waals surface area contributed by atoms with Crippen LogP contribution in [-0.4, -0.2) is 12.5 Å². The minimum absolute atomic E-state index is 0.0941. The maximum atomic E-state index is 12.1. The fraction of sp³-hybridized carbons (Fsp3) is 0.133. The largest absolute Gasteiger partial charge is 0.330 e. The molecule has 19 heavy (non-hydrogen) atoms. The molecule has 2 aromatic rings. The molecule has 0 heterocycles. The molecule has 0 saturated carbocycles. The molecule has 0 bridgehead atoms. The van der Waals surface area contributed by atoms with E-state index in [-0.39, 0.29) is 5.91 Å². The molecular formula is C15H15IN2O. The Balaban J connectivity index is 2.10. The summed E-state index contributed by atoms with van der Waals surface area (Å²) in [5, 5.41) is 2.91. The second-order valence-corrected chi connectivity index (χ2v) is 5.33. The van der Waals surface area contributed by atoms with Gasteiger partial charge in [-0.15, -0.1) is 0 Å². The number of halogens is 1. The van der Waals surface area contributed by atoms with Crippen molar-refractivity contribution in [1.82, 2.24) is 0 Å². The van der Waals surface area contributed by atoms with E-state index in [1.54, 1.807) is 0 Å². The van der Waals surface area contributed by atoms with Gasteiger partial charge in [0.2, 0.25) is 0 Å². The third-order valence-corrected chi connectivity index (χ3v) is 3.71. The maximum absolute atomic E-state index is 12.1. The predicted molar refractivity (Wildman–Crippen MR) is 86.3 cm³/mol. The molecule has 3 nitrogen and oxygen atoms in total. The van der Waals surface area contributed by atoms with Crippen molar-refractivity contribution in [3.05, 3.63) is 63.2 Å². The summed E-state index contributed by atoms with van der Waals surface area (Å²) in [7, 11) is 0. The molecule has 0 unspecified atom stereocenters. The molecule has 1 amide bonds. The third kappa shape index (κ3) is 3.78. The first kappa shape index (κ1) is 14.0. The molecule has 0 fully saturated rings. The van der Waals surface area contributed by atoms with Crippen molar-refractivity contribution in [2.24, 2.45) is 5.73 Å². The van der Waals surface area contributed by atoms with E-state index >= 15 is 0 Å². The zero-order valence-corrected chi connectivity index (χ0v) is 12.6. The van der Waals surface area contributed by atoms with Crippen LogP contribution in [0.15, 0.2) is 48.5 Å². The van der Waals surface area contributed by atoms with Crippen molar-refractivity contribution in [3.8, 4) is 0 Å². The van der Waals surface area contributed by atoms with E-state index in [0.29, 0.717) is 12.1 Å². The van der Waals surface area contributed by atoms with Crippen molar-refractivity contribution < 1.29 is 4.79 Å². The Kier molecular flexibility index (Phi) is 4.93. The summed E-state index contributed by atoms with van der Waals surface area (Å²) in [6.07, 6.45) is 0.832. The minimum atomic E-state index is -0.0941. The highest BCUT2D eigenvalue weighted by molar-refractivity contribution is 14.1. The number of hydrogen-bond acceptors (Lipinski definition) is 2. The quantitative estimate of drug-likeness (QED) is 0.818. The lowest BCUT2D eigenvalue weighted by molar-refractivity contribution is 0.102. The topological polar surface area (TPSA) is 55.1 Å². The van der Waals surface area contributed by atoms with Gasteiger partial charge < -0.3 is 11.1 Å². The van der Waals surface area contributed by atoms with Crippen LogP contribution in [0.2, 0.25) is 0 Å². The third-order valence-electron chi connectivity index (χ3n) is 2.77. The van der Waals surface area contributed by atoms with E-state index in [0.717, 1.165) is 21.2 Å². The van der Waals surface area contributed by atoms with E-state index in [2.05, 4.69) is 27.9 Å². The zero-order valence-electron chi connectivity index (χ0n) is 10.4. The SMILES string of the molecule is NCCc1ccc(C(=O)Nc2ccccc2I)cc1. The van der Waals surface area contributed by atoms with Crippen LogP contribution in [0.3, 0.4) is 0 Å². The summed E-state index contributed by atoms with van der Waals surface area (Å²) in [6, 6.07) is 15.2. The summed E-state index contributed by atoms with van der Waals surface area (Å²) in [5.74, 6) is -0.0941. The van der Waals surface area contributed by atoms with Crippen LogP contribution in [0.4, 0.5) is 5.69 Å². The number of nitrogens with two attached hydrogens (primary N) is 1. The minimum Gasteiger partial charge on any atom is -0.330 e. The Morgan fingerprint density at radius 3 is 2.42 bits per heavy atom. The second-order valence-electron chi connectivity index (χ2n) is 4.17. The molecule has 2 rings (SSSR count). The number of amides is 1. The number of para-hydroxylation sites is 1. The highest BCUT2D eigenvalue weighted by Crippen LogP contribution is 2.18. The van der Waals surface area contributed by atoms with E-state index in [1.807, 2.05) is 48.5 Å². The monoisotopic (exact) mass is 366 g/mol. The van der Waals surface area contributed by atoms with E-state index in [1.165, 1.54) is 0 Å². The van der Waals surface area contributed by atoms with Crippen LogP contribution >= 0.6 is 22.6 Å². The van der Waals surface area contributed by atoms with Gasteiger partial charge in [0.15, 0.2) is 0 Å². The molecule has 0 aliphatic carbocycles. The molecule has 98 valence electrons. The molecule has 0 aromatic heterocycles. The zero-order chi connectivity index (χ0) is 13.7. The van der Waals surface area contributed by atoms with Crippen LogP contribution in [0.5, 0.6) is 0 Å². The molecular weight excluding hydrogens is 351 g/mol.